The van der Waals surface area contributed by atoms with Gasteiger partial charge in [0, 0.05) is 19.2 Å². The number of rotatable bonds is 6. The van der Waals surface area contributed by atoms with Crippen molar-refractivity contribution in [1.29, 1.82) is 0 Å². The van der Waals surface area contributed by atoms with Crippen LogP contribution >= 0.6 is 11.3 Å². The minimum Gasteiger partial charge on any atom is -0.380 e. The van der Waals surface area contributed by atoms with Gasteiger partial charge in [-0.3, -0.25) is 4.79 Å². The molecule has 0 saturated heterocycles. The van der Waals surface area contributed by atoms with Crippen molar-refractivity contribution in [2.75, 3.05) is 7.11 Å². The fourth-order valence-electron chi connectivity index (χ4n) is 2.59. The third-order valence-corrected chi connectivity index (χ3v) is 5.09. The van der Waals surface area contributed by atoms with Gasteiger partial charge in [-0.15, -0.1) is 11.3 Å². The van der Waals surface area contributed by atoms with Crippen molar-refractivity contribution < 1.29 is 9.53 Å². The van der Waals surface area contributed by atoms with Crippen LogP contribution in [0.2, 0.25) is 0 Å². The van der Waals surface area contributed by atoms with Crippen LogP contribution in [0.3, 0.4) is 0 Å². The summed E-state index contributed by atoms with van der Waals surface area (Å²) >= 11 is 1.42. The zero-order valence-corrected chi connectivity index (χ0v) is 15.1. The minimum atomic E-state index is -0.0931. The maximum Gasteiger partial charge on any atom is 0.263 e. The van der Waals surface area contributed by atoms with Crippen molar-refractivity contribution in [3.05, 3.63) is 76.3 Å². The van der Waals surface area contributed by atoms with Gasteiger partial charge >= 0.3 is 0 Å². The van der Waals surface area contributed by atoms with Crippen LogP contribution in [0.1, 0.15) is 26.5 Å². The van der Waals surface area contributed by atoms with Crippen LogP contribution in [0.25, 0.3) is 10.6 Å². The monoisotopic (exact) mass is 352 g/mol. The summed E-state index contributed by atoms with van der Waals surface area (Å²) in [5.74, 6) is -0.0931. The number of carbonyl (C=O) groups is 1. The molecule has 5 heteroatoms. The Labute approximate surface area is 151 Å². The number of nitrogens with one attached hydrogen (secondary N) is 1. The zero-order chi connectivity index (χ0) is 17.6. The second-order valence-electron chi connectivity index (χ2n) is 5.68. The molecule has 25 heavy (non-hydrogen) atoms. The molecule has 0 fully saturated rings. The van der Waals surface area contributed by atoms with Gasteiger partial charge in [-0.05, 0) is 18.1 Å². The molecule has 1 heterocycles. The number of aryl methyl sites for hydroxylation is 1. The second-order valence-corrected chi connectivity index (χ2v) is 6.68. The minimum absolute atomic E-state index is 0.0931. The summed E-state index contributed by atoms with van der Waals surface area (Å²) < 4.78 is 5.21. The summed E-state index contributed by atoms with van der Waals surface area (Å²) in [7, 11) is 1.67. The number of hydrogen-bond acceptors (Lipinski definition) is 4. The quantitative estimate of drug-likeness (QED) is 0.723. The van der Waals surface area contributed by atoms with Crippen molar-refractivity contribution in [3.8, 4) is 10.6 Å². The van der Waals surface area contributed by atoms with Gasteiger partial charge in [-0.2, -0.15) is 0 Å². The molecule has 0 aliphatic rings. The Balaban J connectivity index is 1.73. The van der Waals surface area contributed by atoms with E-state index in [1.807, 2.05) is 61.5 Å². The Morgan fingerprint density at radius 1 is 1.08 bits per heavy atom. The summed E-state index contributed by atoms with van der Waals surface area (Å²) in [4.78, 5) is 17.8. The number of ether oxygens (including phenoxy) is 1. The molecule has 0 spiro atoms. The maximum atomic E-state index is 12.6. The first-order valence-electron chi connectivity index (χ1n) is 8.06. The van der Waals surface area contributed by atoms with Crippen molar-refractivity contribution in [2.24, 2.45) is 0 Å². The molecule has 0 aliphatic heterocycles. The number of nitrogens with zero attached hydrogens (tertiary/aromatic N) is 1. The van der Waals surface area contributed by atoms with Crippen molar-refractivity contribution in [1.82, 2.24) is 10.3 Å². The van der Waals surface area contributed by atoms with Crippen LogP contribution in [0.4, 0.5) is 0 Å². The molecule has 2 aromatic carbocycles. The highest BCUT2D eigenvalue weighted by Crippen LogP contribution is 2.27. The SMILES string of the molecule is COCc1ccccc1CNC(=O)c1sc(-c2ccccc2)nc1C. The van der Waals surface area contributed by atoms with Gasteiger partial charge in [0.2, 0.25) is 0 Å². The van der Waals surface area contributed by atoms with E-state index < -0.39 is 0 Å². The number of hydrogen-bond donors (Lipinski definition) is 1. The summed E-state index contributed by atoms with van der Waals surface area (Å²) in [6.07, 6.45) is 0. The van der Waals surface area contributed by atoms with E-state index in [9.17, 15) is 4.79 Å². The van der Waals surface area contributed by atoms with E-state index in [0.29, 0.717) is 18.0 Å². The van der Waals surface area contributed by atoms with E-state index in [1.54, 1.807) is 7.11 Å². The van der Waals surface area contributed by atoms with Gasteiger partial charge < -0.3 is 10.1 Å². The lowest BCUT2D eigenvalue weighted by Crippen LogP contribution is -2.23. The van der Waals surface area contributed by atoms with Gasteiger partial charge in [0.15, 0.2) is 0 Å². The number of methoxy groups -OCH3 is 1. The molecule has 3 aromatic rings. The van der Waals surface area contributed by atoms with Crippen LogP contribution in [0.5, 0.6) is 0 Å². The van der Waals surface area contributed by atoms with Crippen LogP contribution in [-0.4, -0.2) is 18.0 Å². The summed E-state index contributed by atoms with van der Waals surface area (Å²) in [5.41, 5.74) is 3.92. The molecule has 1 N–H and O–H groups in total. The zero-order valence-electron chi connectivity index (χ0n) is 14.3. The van der Waals surface area contributed by atoms with Crippen LogP contribution in [-0.2, 0) is 17.9 Å². The Morgan fingerprint density at radius 3 is 2.48 bits per heavy atom. The lowest BCUT2D eigenvalue weighted by molar-refractivity contribution is 0.0953. The second kappa shape index (κ2) is 8.05. The molecular weight excluding hydrogens is 332 g/mol. The number of benzene rings is 2. The molecule has 0 bridgehead atoms. The fraction of sp³-hybridized carbons (Fsp3) is 0.200. The van der Waals surface area contributed by atoms with Gasteiger partial charge in [0.25, 0.3) is 5.91 Å². The van der Waals surface area contributed by atoms with Gasteiger partial charge in [0.05, 0.1) is 12.3 Å². The Bertz CT molecular complexity index is 859. The summed E-state index contributed by atoms with van der Waals surface area (Å²) in [6, 6.07) is 17.9. The molecule has 0 unspecified atom stereocenters. The third-order valence-electron chi connectivity index (χ3n) is 3.88. The molecular formula is C20H20N2O2S. The van der Waals surface area contributed by atoms with E-state index in [-0.39, 0.29) is 5.91 Å². The topological polar surface area (TPSA) is 51.2 Å². The van der Waals surface area contributed by atoms with E-state index in [2.05, 4.69) is 10.3 Å². The van der Waals surface area contributed by atoms with Crippen LogP contribution in [0.15, 0.2) is 54.6 Å². The normalized spacial score (nSPS) is 10.6. The highest BCUT2D eigenvalue weighted by atomic mass is 32.1. The molecule has 128 valence electrons. The van der Waals surface area contributed by atoms with Crippen molar-refractivity contribution in [2.45, 2.75) is 20.1 Å². The predicted molar refractivity (Wildman–Crippen MR) is 101 cm³/mol. The van der Waals surface area contributed by atoms with Gasteiger partial charge in [0.1, 0.15) is 9.88 Å². The van der Waals surface area contributed by atoms with E-state index in [4.69, 9.17) is 4.74 Å². The Morgan fingerprint density at radius 2 is 1.76 bits per heavy atom. The average molecular weight is 352 g/mol. The number of carbonyl (C=O) groups excluding carboxylic acids is 1. The number of thiazole rings is 1. The average Bonchev–Trinajstić information content (AvgIpc) is 3.04. The highest BCUT2D eigenvalue weighted by molar-refractivity contribution is 7.17. The van der Waals surface area contributed by atoms with Crippen LogP contribution < -0.4 is 5.32 Å². The first-order chi connectivity index (χ1) is 12.2. The fourth-order valence-corrected chi connectivity index (χ4v) is 3.58. The van der Waals surface area contributed by atoms with Crippen LogP contribution in [0, 0.1) is 6.92 Å². The molecule has 4 nitrogen and oxygen atoms in total. The first-order valence-corrected chi connectivity index (χ1v) is 8.87. The Hall–Kier alpha value is -2.50. The smallest absolute Gasteiger partial charge is 0.263 e. The molecule has 0 saturated carbocycles. The molecule has 1 aromatic heterocycles. The van der Waals surface area contributed by atoms with E-state index >= 15 is 0 Å². The van der Waals surface area contributed by atoms with E-state index in [0.717, 1.165) is 27.4 Å². The first kappa shape index (κ1) is 17.3. The number of amides is 1. The Kier molecular flexibility index (Phi) is 5.58. The third kappa shape index (κ3) is 4.13. The highest BCUT2D eigenvalue weighted by Gasteiger charge is 2.16. The maximum absolute atomic E-state index is 12.6. The van der Waals surface area contributed by atoms with E-state index in [1.165, 1.54) is 11.3 Å². The molecule has 0 atom stereocenters. The lowest BCUT2D eigenvalue weighted by atomic mass is 10.1. The number of aromatic nitrogens is 1. The summed E-state index contributed by atoms with van der Waals surface area (Å²) in [5, 5.41) is 3.86. The van der Waals surface area contributed by atoms with Crippen molar-refractivity contribution in [3.63, 3.8) is 0 Å². The summed E-state index contributed by atoms with van der Waals surface area (Å²) in [6.45, 7) is 2.87. The lowest BCUT2D eigenvalue weighted by Gasteiger charge is -2.09. The molecule has 0 aliphatic carbocycles. The molecule has 3 rings (SSSR count). The van der Waals surface area contributed by atoms with Gasteiger partial charge in [-0.1, -0.05) is 54.6 Å². The van der Waals surface area contributed by atoms with Crippen molar-refractivity contribution >= 4 is 17.2 Å². The van der Waals surface area contributed by atoms with Gasteiger partial charge in [-0.25, -0.2) is 4.98 Å². The predicted octanol–water partition coefficient (Wildman–Crippen LogP) is 4.19. The largest absolute Gasteiger partial charge is 0.380 e. The molecule has 0 radical (unpaired) electrons. The molecule has 1 amide bonds. The standard InChI is InChI=1S/C20H20N2O2S/c1-14-18(25-20(22-14)15-8-4-3-5-9-15)19(23)21-12-16-10-6-7-11-17(16)13-24-2/h3-11H,12-13H2,1-2H3,(H,21,23).